The minimum absolute atomic E-state index is 0.342. The van der Waals surface area contributed by atoms with Gasteiger partial charge in [-0.2, -0.15) is 0 Å². The van der Waals surface area contributed by atoms with E-state index in [1.165, 1.54) is 5.41 Å². The number of para-hydroxylation sites is 1. The zero-order chi connectivity index (χ0) is 15.7. The van der Waals surface area contributed by atoms with E-state index in [9.17, 15) is 8.42 Å². The SMILES string of the molecule is O=S(=O)(/C=C\c1ccccc1)NCCCOc1ccccc1. The number of benzene rings is 2. The van der Waals surface area contributed by atoms with Crippen LogP contribution in [0.1, 0.15) is 12.0 Å². The monoisotopic (exact) mass is 317 g/mol. The molecule has 4 nitrogen and oxygen atoms in total. The fourth-order valence-electron chi connectivity index (χ4n) is 1.77. The smallest absolute Gasteiger partial charge is 0.233 e. The molecule has 116 valence electrons. The second-order valence-electron chi connectivity index (χ2n) is 4.67. The van der Waals surface area contributed by atoms with Crippen molar-refractivity contribution in [3.63, 3.8) is 0 Å². The van der Waals surface area contributed by atoms with E-state index in [0.29, 0.717) is 19.6 Å². The van der Waals surface area contributed by atoms with Gasteiger partial charge in [-0.3, -0.25) is 0 Å². The van der Waals surface area contributed by atoms with E-state index in [2.05, 4.69) is 4.72 Å². The molecule has 2 aromatic carbocycles. The minimum Gasteiger partial charge on any atom is -0.494 e. The standard InChI is InChI=1S/C17H19NO3S/c19-22(20,15-12-16-8-3-1-4-9-16)18-13-7-14-21-17-10-5-2-6-11-17/h1-6,8-12,15,18H,7,13-14H2/b15-12-. The van der Waals surface area contributed by atoms with Crippen LogP contribution in [-0.4, -0.2) is 21.6 Å². The van der Waals surface area contributed by atoms with E-state index in [-0.39, 0.29) is 0 Å². The van der Waals surface area contributed by atoms with Crippen LogP contribution in [0, 0.1) is 0 Å². The average Bonchev–Trinajstić information content (AvgIpc) is 2.55. The summed E-state index contributed by atoms with van der Waals surface area (Å²) in [6.45, 7) is 0.809. The molecule has 0 unspecified atom stereocenters. The molecule has 0 saturated carbocycles. The maximum Gasteiger partial charge on any atom is 0.233 e. The summed E-state index contributed by atoms with van der Waals surface area (Å²) in [5.74, 6) is 0.786. The lowest BCUT2D eigenvalue weighted by Crippen LogP contribution is -2.23. The Kier molecular flexibility index (Phi) is 6.18. The zero-order valence-corrected chi connectivity index (χ0v) is 13.0. The lowest BCUT2D eigenvalue weighted by molar-refractivity contribution is 0.311. The summed E-state index contributed by atoms with van der Waals surface area (Å²) in [5, 5.41) is 1.18. The predicted molar refractivity (Wildman–Crippen MR) is 89.0 cm³/mol. The number of rotatable bonds is 8. The van der Waals surface area contributed by atoms with Crippen molar-refractivity contribution in [1.29, 1.82) is 0 Å². The first kappa shape index (κ1) is 16.3. The van der Waals surface area contributed by atoms with E-state index in [4.69, 9.17) is 4.74 Å². The molecule has 5 heteroatoms. The lowest BCUT2D eigenvalue weighted by Gasteiger charge is -2.06. The van der Waals surface area contributed by atoms with Crippen molar-refractivity contribution in [2.75, 3.05) is 13.2 Å². The third kappa shape index (κ3) is 6.11. The predicted octanol–water partition coefficient (Wildman–Crippen LogP) is 3.05. The van der Waals surface area contributed by atoms with Crippen molar-refractivity contribution >= 4 is 16.1 Å². The highest BCUT2D eigenvalue weighted by Gasteiger charge is 2.03. The van der Waals surface area contributed by atoms with Crippen molar-refractivity contribution in [2.24, 2.45) is 0 Å². The van der Waals surface area contributed by atoms with E-state index in [0.717, 1.165) is 11.3 Å². The molecule has 0 aromatic heterocycles. The first-order valence-electron chi connectivity index (χ1n) is 7.06. The average molecular weight is 317 g/mol. The Morgan fingerprint density at radius 1 is 0.955 bits per heavy atom. The molecule has 0 atom stereocenters. The van der Waals surface area contributed by atoms with Gasteiger partial charge in [-0.15, -0.1) is 0 Å². The van der Waals surface area contributed by atoms with E-state index >= 15 is 0 Å². The van der Waals surface area contributed by atoms with Crippen LogP contribution >= 0.6 is 0 Å². The molecule has 0 radical (unpaired) electrons. The first-order valence-corrected chi connectivity index (χ1v) is 8.61. The van der Waals surface area contributed by atoms with Crippen molar-refractivity contribution in [3.05, 3.63) is 71.6 Å². The summed E-state index contributed by atoms with van der Waals surface area (Å²) in [4.78, 5) is 0. The largest absolute Gasteiger partial charge is 0.494 e. The molecule has 0 heterocycles. The Bertz CT molecular complexity index is 682. The molecule has 0 amide bonds. The maximum atomic E-state index is 11.8. The topological polar surface area (TPSA) is 55.4 Å². The van der Waals surface area contributed by atoms with Crippen molar-refractivity contribution in [2.45, 2.75) is 6.42 Å². The van der Waals surface area contributed by atoms with Crippen LogP contribution in [-0.2, 0) is 10.0 Å². The number of hydrogen-bond acceptors (Lipinski definition) is 3. The normalized spacial score (nSPS) is 11.6. The Morgan fingerprint density at radius 3 is 2.27 bits per heavy atom. The van der Waals surface area contributed by atoms with Gasteiger partial charge in [-0.1, -0.05) is 48.5 Å². The minimum atomic E-state index is -3.41. The molecule has 0 bridgehead atoms. The highest BCUT2D eigenvalue weighted by atomic mass is 32.2. The van der Waals surface area contributed by atoms with Gasteiger partial charge in [0.05, 0.1) is 6.61 Å². The molecule has 1 N–H and O–H groups in total. The summed E-state index contributed by atoms with van der Waals surface area (Å²) in [6, 6.07) is 18.7. The Morgan fingerprint density at radius 2 is 1.59 bits per heavy atom. The molecular weight excluding hydrogens is 298 g/mol. The van der Waals surface area contributed by atoms with Crippen molar-refractivity contribution in [3.8, 4) is 5.75 Å². The van der Waals surface area contributed by atoms with Gasteiger partial charge in [0, 0.05) is 12.0 Å². The highest BCUT2D eigenvalue weighted by Crippen LogP contribution is 2.08. The second-order valence-corrected chi connectivity index (χ2v) is 6.32. The summed E-state index contributed by atoms with van der Waals surface area (Å²) < 4.78 is 31.6. The summed E-state index contributed by atoms with van der Waals surface area (Å²) in [7, 11) is -3.41. The maximum absolute atomic E-state index is 11.8. The molecule has 0 aliphatic heterocycles. The van der Waals surface area contributed by atoms with Gasteiger partial charge in [-0.25, -0.2) is 13.1 Å². The Balaban J connectivity index is 1.70. The first-order chi connectivity index (χ1) is 10.7. The van der Waals surface area contributed by atoms with Gasteiger partial charge in [0.1, 0.15) is 5.75 Å². The number of sulfonamides is 1. The van der Waals surface area contributed by atoms with Gasteiger partial charge >= 0.3 is 0 Å². The van der Waals surface area contributed by atoms with Crippen molar-refractivity contribution < 1.29 is 13.2 Å². The van der Waals surface area contributed by atoms with Crippen LogP contribution < -0.4 is 9.46 Å². The van der Waals surface area contributed by atoms with Gasteiger partial charge in [0.15, 0.2) is 0 Å². The molecule has 0 fully saturated rings. The zero-order valence-electron chi connectivity index (χ0n) is 12.2. The summed E-state index contributed by atoms with van der Waals surface area (Å²) in [5.41, 5.74) is 0.847. The van der Waals surface area contributed by atoms with Gasteiger partial charge < -0.3 is 4.74 Å². The third-order valence-corrected chi connectivity index (χ3v) is 3.98. The molecule has 0 aliphatic carbocycles. The van der Waals surface area contributed by atoms with Crippen LogP contribution in [0.5, 0.6) is 5.75 Å². The van der Waals surface area contributed by atoms with Crippen LogP contribution in [0.25, 0.3) is 6.08 Å². The van der Waals surface area contributed by atoms with Gasteiger partial charge in [-0.05, 0) is 30.2 Å². The molecule has 22 heavy (non-hydrogen) atoms. The Labute approximate surface area is 131 Å². The third-order valence-electron chi connectivity index (χ3n) is 2.88. The van der Waals surface area contributed by atoms with E-state index < -0.39 is 10.0 Å². The fourth-order valence-corrected chi connectivity index (χ4v) is 2.64. The highest BCUT2D eigenvalue weighted by molar-refractivity contribution is 7.92. The molecule has 2 rings (SSSR count). The van der Waals surface area contributed by atoms with Gasteiger partial charge in [0.2, 0.25) is 10.0 Å². The summed E-state index contributed by atoms with van der Waals surface area (Å²) >= 11 is 0. The number of hydrogen-bond donors (Lipinski definition) is 1. The second kappa shape index (κ2) is 8.36. The molecule has 0 saturated heterocycles. The van der Waals surface area contributed by atoms with E-state index in [1.807, 2.05) is 60.7 Å². The molecule has 0 aliphatic rings. The van der Waals surface area contributed by atoms with Crippen LogP contribution in [0.2, 0.25) is 0 Å². The van der Waals surface area contributed by atoms with E-state index in [1.54, 1.807) is 6.08 Å². The number of nitrogens with one attached hydrogen (secondary N) is 1. The molecule has 2 aromatic rings. The summed E-state index contributed by atoms with van der Waals surface area (Å²) in [6.07, 6.45) is 2.18. The van der Waals surface area contributed by atoms with Crippen LogP contribution in [0.15, 0.2) is 66.1 Å². The van der Waals surface area contributed by atoms with Crippen LogP contribution in [0.3, 0.4) is 0 Å². The lowest BCUT2D eigenvalue weighted by atomic mass is 10.2. The van der Waals surface area contributed by atoms with Gasteiger partial charge in [0.25, 0.3) is 0 Å². The quantitative estimate of drug-likeness (QED) is 0.761. The van der Waals surface area contributed by atoms with Crippen LogP contribution in [0.4, 0.5) is 0 Å². The Hall–Kier alpha value is -2.11. The number of ether oxygens (including phenoxy) is 1. The fraction of sp³-hybridized carbons (Fsp3) is 0.176. The molecular formula is C17H19NO3S. The molecule has 0 spiro atoms. The van der Waals surface area contributed by atoms with Crippen molar-refractivity contribution in [1.82, 2.24) is 4.72 Å².